The SMILES string of the molecule is CC(C)Oc1ccc(NC(=O)C23CC2CN(Cc2ccccc2)S3(=O)=O)cc1. The van der Waals surface area contributed by atoms with Crippen LogP contribution in [0.15, 0.2) is 54.6 Å². The van der Waals surface area contributed by atoms with Gasteiger partial charge >= 0.3 is 0 Å². The highest BCUT2D eigenvalue weighted by atomic mass is 32.2. The second kappa shape index (κ2) is 6.90. The Morgan fingerprint density at radius 3 is 2.50 bits per heavy atom. The molecule has 2 unspecified atom stereocenters. The minimum atomic E-state index is -3.70. The third-order valence-corrected chi connectivity index (χ3v) is 7.91. The van der Waals surface area contributed by atoms with Crippen LogP contribution in [0.2, 0.25) is 0 Å². The highest BCUT2D eigenvalue weighted by molar-refractivity contribution is 7.92. The van der Waals surface area contributed by atoms with Crippen molar-refractivity contribution >= 4 is 21.6 Å². The predicted molar refractivity (Wildman–Crippen MR) is 107 cm³/mol. The first-order valence-electron chi connectivity index (χ1n) is 9.45. The number of anilines is 1. The lowest BCUT2D eigenvalue weighted by Gasteiger charge is -2.21. The zero-order chi connectivity index (χ0) is 19.9. The van der Waals surface area contributed by atoms with E-state index >= 15 is 0 Å². The largest absolute Gasteiger partial charge is 0.491 e. The molecule has 4 rings (SSSR count). The van der Waals surface area contributed by atoms with Crippen molar-refractivity contribution in [3.63, 3.8) is 0 Å². The molecule has 1 saturated carbocycles. The second-order valence-electron chi connectivity index (χ2n) is 7.72. The molecule has 1 N–H and O–H groups in total. The van der Waals surface area contributed by atoms with Crippen LogP contribution in [0, 0.1) is 5.92 Å². The Bertz CT molecular complexity index is 973. The minimum Gasteiger partial charge on any atom is -0.491 e. The van der Waals surface area contributed by atoms with Crippen LogP contribution in [0.1, 0.15) is 25.8 Å². The summed E-state index contributed by atoms with van der Waals surface area (Å²) in [5.74, 6) is 0.119. The van der Waals surface area contributed by atoms with Crippen molar-refractivity contribution in [2.24, 2.45) is 5.92 Å². The molecule has 2 aromatic carbocycles. The van der Waals surface area contributed by atoms with Gasteiger partial charge in [-0.3, -0.25) is 4.79 Å². The molecule has 0 aromatic heterocycles. The summed E-state index contributed by atoms with van der Waals surface area (Å²) < 4.78 is 31.9. The summed E-state index contributed by atoms with van der Waals surface area (Å²) >= 11 is 0. The summed E-state index contributed by atoms with van der Waals surface area (Å²) in [7, 11) is -3.70. The number of hydrogen-bond donors (Lipinski definition) is 1. The van der Waals surface area contributed by atoms with Crippen LogP contribution in [0.4, 0.5) is 5.69 Å². The van der Waals surface area contributed by atoms with Crippen molar-refractivity contribution in [2.75, 3.05) is 11.9 Å². The molecule has 7 heteroatoms. The van der Waals surface area contributed by atoms with Gasteiger partial charge in [-0.25, -0.2) is 8.42 Å². The number of carbonyl (C=O) groups is 1. The van der Waals surface area contributed by atoms with Gasteiger partial charge in [-0.15, -0.1) is 0 Å². The molecular weight excluding hydrogens is 376 g/mol. The van der Waals surface area contributed by atoms with Gasteiger partial charge in [0.15, 0.2) is 4.75 Å². The first-order chi connectivity index (χ1) is 13.3. The fourth-order valence-corrected chi connectivity index (χ4v) is 6.22. The van der Waals surface area contributed by atoms with Crippen molar-refractivity contribution < 1.29 is 17.9 Å². The number of sulfonamides is 1. The van der Waals surface area contributed by atoms with Crippen LogP contribution in [-0.4, -0.2) is 36.0 Å². The van der Waals surface area contributed by atoms with Crippen molar-refractivity contribution in [3.05, 3.63) is 60.2 Å². The summed E-state index contributed by atoms with van der Waals surface area (Å²) in [6, 6.07) is 16.4. The molecule has 1 aliphatic carbocycles. The fourth-order valence-electron chi connectivity index (χ4n) is 3.87. The van der Waals surface area contributed by atoms with E-state index in [2.05, 4.69) is 5.32 Å². The van der Waals surface area contributed by atoms with Gasteiger partial charge < -0.3 is 10.1 Å². The summed E-state index contributed by atoms with van der Waals surface area (Å²) in [6.07, 6.45) is 0.451. The van der Waals surface area contributed by atoms with Gasteiger partial charge in [0.2, 0.25) is 15.9 Å². The van der Waals surface area contributed by atoms with Crippen LogP contribution in [0.3, 0.4) is 0 Å². The standard InChI is InChI=1S/C21H24N2O4S/c1-15(2)27-19-10-8-18(9-11-19)22-20(24)21-12-17(21)14-23(28(21,25)26)13-16-6-4-3-5-7-16/h3-11,15,17H,12-14H2,1-2H3,(H,22,24). The van der Waals surface area contributed by atoms with E-state index < -0.39 is 20.7 Å². The topological polar surface area (TPSA) is 75.7 Å². The third kappa shape index (κ3) is 3.18. The molecule has 2 fully saturated rings. The molecule has 0 bridgehead atoms. The normalized spacial score (nSPS) is 25.3. The first kappa shape index (κ1) is 19.0. The molecule has 2 atom stereocenters. The molecule has 1 saturated heterocycles. The van der Waals surface area contributed by atoms with Gasteiger partial charge in [0, 0.05) is 24.7 Å². The van der Waals surface area contributed by atoms with E-state index in [0.717, 1.165) is 5.56 Å². The van der Waals surface area contributed by atoms with Gasteiger partial charge in [0.1, 0.15) is 5.75 Å². The smallest absolute Gasteiger partial charge is 0.247 e. The van der Waals surface area contributed by atoms with E-state index in [1.807, 2.05) is 44.2 Å². The van der Waals surface area contributed by atoms with Crippen molar-refractivity contribution in [3.8, 4) is 5.75 Å². The Morgan fingerprint density at radius 2 is 1.86 bits per heavy atom. The number of carbonyl (C=O) groups excluding carboxylic acids is 1. The Hall–Kier alpha value is -2.38. The maximum Gasteiger partial charge on any atom is 0.247 e. The van der Waals surface area contributed by atoms with Gasteiger partial charge in [0.05, 0.1) is 6.10 Å². The quantitative estimate of drug-likeness (QED) is 0.809. The van der Waals surface area contributed by atoms with E-state index in [4.69, 9.17) is 4.74 Å². The summed E-state index contributed by atoms with van der Waals surface area (Å²) in [4.78, 5) is 12.9. The number of fused-ring (bicyclic) bond motifs is 1. The predicted octanol–water partition coefficient (Wildman–Crippen LogP) is 3.02. The zero-order valence-corrected chi connectivity index (χ0v) is 16.8. The van der Waals surface area contributed by atoms with Crippen molar-refractivity contribution in [1.29, 1.82) is 0 Å². The molecule has 0 spiro atoms. The van der Waals surface area contributed by atoms with Crippen LogP contribution in [-0.2, 0) is 21.4 Å². The van der Waals surface area contributed by atoms with Crippen LogP contribution in [0.5, 0.6) is 5.75 Å². The number of ether oxygens (including phenoxy) is 1. The molecule has 6 nitrogen and oxygen atoms in total. The number of rotatable bonds is 6. The van der Waals surface area contributed by atoms with E-state index in [1.165, 1.54) is 4.31 Å². The maximum absolute atomic E-state index is 13.1. The lowest BCUT2D eigenvalue weighted by atomic mass is 10.2. The second-order valence-corrected chi connectivity index (χ2v) is 9.91. The number of nitrogens with one attached hydrogen (secondary N) is 1. The average Bonchev–Trinajstić information content (AvgIpc) is 3.34. The molecule has 1 heterocycles. The summed E-state index contributed by atoms with van der Waals surface area (Å²) in [5.41, 5.74) is 1.49. The van der Waals surface area contributed by atoms with Crippen LogP contribution < -0.4 is 10.1 Å². The Labute approximate surface area is 165 Å². The molecule has 2 aromatic rings. The molecule has 28 heavy (non-hydrogen) atoms. The maximum atomic E-state index is 13.1. The van der Waals surface area contributed by atoms with Crippen molar-refractivity contribution in [1.82, 2.24) is 4.31 Å². The van der Waals surface area contributed by atoms with Crippen LogP contribution in [0.25, 0.3) is 0 Å². The highest BCUT2D eigenvalue weighted by Crippen LogP contribution is 2.58. The van der Waals surface area contributed by atoms with Crippen LogP contribution >= 0.6 is 0 Å². The lowest BCUT2D eigenvalue weighted by Crippen LogP contribution is -2.41. The van der Waals surface area contributed by atoms with E-state index in [-0.39, 0.29) is 12.0 Å². The number of amides is 1. The monoisotopic (exact) mass is 400 g/mol. The molecule has 2 aliphatic rings. The molecule has 1 amide bonds. The summed E-state index contributed by atoms with van der Waals surface area (Å²) in [6.45, 7) is 4.57. The lowest BCUT2D eigenvalue weighted by molar-refractivity contribution is -0.116. The van der Waals surface area contributed by atoms with E-state index in [0.29, 0.717) is 30.9 Å². The minimum absolute atomic E-state index is 0.0609. The zero-order valence-electron chi connectivity index (χ0n) is 16.0. The number of nitrogens with zero attached hydrogens (tertiary/aromatic N) is 1. The fraction of sp³-hybridized carbons (Fsp3) is 0.381. The highest BCUT2D eigenvalue weighted by Gasteiger charge is 2.75. The average molecular weight is 400 g/mol. The van der Waals surface area contributed by atoms with Gasteiger partial charge in [-0.1, -0.05) is 30.3 Å². The summed E-state index contributed by atoms with van der Waals surface area (Å²) in [5, 5.41) is 2.79. The molecule has 0 radical (unpaired) electrons. The van der Waals surface area contributed by atoms with Gasteiger partial charge in [-0.2, -0.15) is 4.31 Å². The Kier molecular flexibility index (Phi) is 4.67. The van der Waals surface area contributed by atoms with E-state index in [9.17, 15) is 13.2 Å². The molecular formula is C21H24N2O4S. The first-order valence-corrected chi connectivity index (χ1v) is 10.9. The molecule has 148 valence electrons. The number of benzene rings is 2. The molecule has 1 aliphatic heterocycles. The Morgan fingerprint density at radius 1 is 1.18 bits per heavy atom. The van der Waals surface area contributed by atoms with E-state index in [1.54, 1.807) is 24.3 Å². The van der Waals surface area contributed by atoms with Gasteiger partial charge in [-0.05, 0) is 50.1 Å². The third-order valence-electron chi connectivity index (χ3n) is 5.34. The number of hydrogen-bond acceptors (Lipinski definition) is 4. The van der Waals surface area contributed by atoms with Crippen molar-refractivity contribution in [2.45, 2.75) is 37.7 Å². The Balaban J connectivity index is 1.47. The van der Waals surface area contributed by atoms with Gasteiger partial charge in [0.25, 0.3) is 0 Å².